The topological polar surface area (TPSA) is 25.8 Å². The summed E-state index contributed by atoms with van der Waals surface area (Å²) < 4.78 is 0. The average Bonchev–Trinajstić information content (AvgIpc) is 2.17. The highest BCUT2D eigenvalue weighted by atomic mass is 35.5. The van der Waals surface area contributed by atoms with Crippen LogP contribution in [0.3, 0.4) is 0 Å². The van der Waals surface area contributed by atoms with Crippen LogP contribution in [0.25, 0.3) is 10.9 Å². The van der Waals surface area contributed by atoms with Crippen molar-refractivity contribution in [3.63, 3.8) is 0 Å². The predicted octanol–water partition coefficient (Wildman–Crippen LogP) is 2.37. The smallest absolute Gasteiger partial charge is 0.0929 e. The largest absolute Gasteiger partial charge is 0.258 e. The van der Waals surface area contributed by atoms with Gasteiger partial charge in [-0.15, -0.1) is 11.6 Å². The molecule has 0 N–H and O–H groups in total. The summed E-state index contributed by atoms with van der Waals surface area (Å²) in [7, 11) is 0. The van der Waals surface area contributed by atoms with E-state index in [-0.39, 0.29) is 0 Å². The zero-order valence-corrected chi connectivity index (χ0v) is 7.12. The number of hydrogen-bond acceptors (Lipinski definition) is 2. The van der Waals surface area contributed by atoms with Gasteiger partial charge in [-0.1, -0.05) is 6.07 Å². The van der Waals surface area contributed by atoms with Crippen molar-refractivity contribution in [1.82, 2.24) is 9.97 Å². The van der Waals surface area contributed by atoms with Crippen molar-refractivity contribution in [1.29, 1.82) is 0 Å². The van der Waals surface area contributed by atoms with Gasteiger partial charge in [0.05, 0.1) is 17.1 Å². The van der Waals surface area contributed by atoms with Crippen LogP contribution in [0.1, 0.15) is 5.69 Å². The summed E-state index contributed by atoms with van der Waals surface area (Å²) in [6.07, 6.45) is 3.50. The first kappa shape index (κ1) is 7.50. The van der Waals surface area contributed by atoms with Crippen molar-refractivity contribution in [3.05, 3.63) is 36.3 Å². The van der Waals surface area contributed by atoms with Gasteiger partial charge in [0.2, 0.25) is 0 Å². The molecule has 0 aromatic carbocycles. The molecule has 3 heteroatoms. The van der Waals surface area contributed by atoms with E-state index in [1.807, 2.05) is 18.2 Å². The normalized spacial score (nSPS) is 10.4. The van der Waals surface area contributed by atoms with E-state index in [9.17, 15) is 0 Å². The second kappa shape index (κ2) is 3.07. The van der Waals surface area contributed by atoms with Crippen LogP contribution >= 0.6 is 11.6 Å². The van der Waals surface area contributed by atoms with E-state index in [0.717, 1.165) is 16.6 Å². The molecule has 0 aliphatic rings. The third-order valence-electron chi connectivity index (χ3n) is 1.72. The van der Waals surface area contributed by atoms with Crippen LogP contribution in [0.15, 0.2) is 30.6 Å². The Morgan fingerprint density at radius 2 is 2.08 bits per heavy atom. The van der Waals surface area contributed by atoms with E-state index >= 15 is 0 Å². The highest BCUT2D eigenvalue weighted by Gasteiger charge is 1.99. The van der Waals surface area contributed by atoms with Gasteiger partial charge in [0.15, 0.2) is 0 Å². The third-order valence-corrected chi connectivity index (χ3v) is 1.98. The minimum Gasteiger partial charge on any atom is -0.258 e. The molecule has 0 spiro atoms. The molecule has 0 unspecified atom stereocenters. The van der Waals surface area contributed by atoms with Gasteiger partial charge in [0, 0.05) is 17.8 Å². The molecular weight excluding hydrogens is 172 g/mol. The SMILES string of the molecule is ClCc1nccc2cccnc12. The Kier molecular flexibility index (Phi) is 1.92. The van der Waals surface area contributed by atoms with Gasteiger partial charge in [-0.2, -0.15) is 0 Å². The van der Waals surface area contributed by atoms with Gasteiger partial charge in [-0.05, 0) is 12.1 Å². The Morgan fingerprint density at radius 3 is 2.92 bits per heavy atom. The maximum atomic E-state index is 5.70. The summed E-state index contributed by atoms with van der Waals surface area (Å²) in [5.41, 5.74) is 1.74. The third kappa shape index (κ3) is 1.14. The maximum Gasteiger partial charge on any atom is 0.0929 e. The summed E-state index contributed by atoms with van der Waals surface area (Å²) >= 11 is 5.70. The van der Waals surface area contributed by atoms with Gasteiger partial charge in [-0.3, -0.25) is 9.97 Å². The lowest BCUT2D eigenvalue weighted by molar-refractivity contribution is 1.18. The van der Waals surface area contributed by atoms with Crippen molar-refractivity contribution < 1.29 is 0 Å². The molecule has 0 aliphatic heterocycles. The second-order valence-electron chi connectivity index (χ2n) is 2.47. The van der Waals surface area contributed by atoms with Crippen LogP contribution in [0, 0.1) is 0 Å². The highest BCUT2D eigenvalue weighted by molar-refractivity contribution is 6.17. The van der Waals surface area contributed by atoms with E-state index < -0.39 is 0 Å². The van der Waals surface area contributed by atoms with Crippen molar-refractivity contribution >= 4 is 22.5 Å². The van der Waals surface area contributed by atoms with Crippen molar-refractivity contribution in [2.45, 2.75) is 5.88 Å². The Bertz CT molecular complexity index is 395. The number of fused-ring (bicyclic) bond motifs is 1. The van der Waals surface area contributed by atoms with E-state index in [2.05, 4.69) is 9.97 Å². The van der Waals surface area contributed by atoms with Crippen LogP contribution in [-0.2, 0) is 5.88 Å². The monoisotopic (exact) mass is 178 g/mol. The first-order chi connectivity index (χ1) is 5.92. The Morgan fingerprint density at radius 1 is 1.17 bits per heavy atom. The lowest BCUT2D eigenvalue weighted by Crippen LogP contribution is -1.88. The van der Waals surface area contributed by atoms with Crippen LogP contribution in [0.2, 0.25) is 0 Å². The van der Waals surface area contributed by atoms with Gasteiger partial charge >= 0.3 is 0 Å². The fourth-order valence-electron chi connectivity index (χ4n) is 1.16. The lowest BCUT2D eigenvalue weighted by Gasteiger charge is -1.99. The van der Waals surface area contributed by atoms with Gasteiger partial charge in [-0.25, -0.2) is 0 Å². The molecule has 0 fully saturated rings. The summed E-state index contributed by atoms with van der Waals surface area (Å²) in [6, 6.07) is 5.83. The molecule has 60 valence electrons. The first-order valence-electron chi connectivity index (χ1n) is 3.66. The second-order valence-corrected chi connectivity index (χ2v) is 2.73. The molecule has 2 aromatic heterocycles. The lowest BCUT2D eigenvalue weighted by atomic mass is 10.2. The van der Waals surface area contributed by atoms with E-state index in [4.69, 9.17) is 11.6 Å². The van der Waals surface area contributed by atoms with E-state index in [0.29, 0.717) is 5.88 Å². The fourth-order valence-corrected chi connectivity index (χ4v) is 1.36. The number of rotatable bonds is 1. The number of alkyl halides is 1. The average molecular weight is 179 g/mol. The fraction of sp³-hybridized carbons (Fsp3) is 0.111. The standard InChI is InChI=1S/C9H7ClN2/c10-6-8-9-7(3-5-11-8)2-1-4-12-9/h1-5H,6H2. The molecule has 2 rings (SSSR count). The Labute approximate surface area is 75.2 Å². The van der Waals surface area contributed by atoms with E-state index in [1.165, 1.54) is 0 Å². The Balaban J connectivity index is 2.79. The summed E-state index contributed by atoms with van der Waals surface area (Å²) in [5, 5.41) is 1.09. The number of aromatic nitrogens is 2. The quantitative estimate of drug-likeness (QED) is 0.627. The van der Waals surface area contributed by atoms with Crippen LogP contribution in [0.4, 0.5) is 0 Å². The summed E-state index contributed by atoms with van der Waals surface area (Å²) in [4.78, 5) is 8.34. The molecule has 0 aliphatic carbocycles. The van der Waals surface area contributed by atoms with Crippen molar-refractivity contribution in [2.24, 2.45) is 0 Å². The molecule has 12 heavy (non-hydrogen) atoms. The van der Waals surface area contributed by atoms with Crippen molar-refractivity contribution in [2.75, 3.05) is 0 Å². The maximum absolute atomic E-state index is 5.70. The Hall–Kier alpha value is -1.15. The zero-order valence-electron chi connectivity index (χ0n) is 6.37. The molecule has 0 atom stereocenters. The molecule has 2 aromatic rings. The van der Waals surface area contributed by atoms with Gasteiger partial charge < -0.3 is 0 Å². The number of hydrogen-bond donors (Lipinski definition) is 0. The van der Waals surface area contributed by atoms with Crippen LogP contribution in [0.5, 0.6) is 0 Å². The molecule has 0 saturated heterocycles. The molecular formula is C9H7ClN2. The number of nitrogens with zero attached hydrogens (tertiary/aromatic N) is 2. The van der Waals surface area contributed by atoms with Crippen LogP contribution in [-0.4, -0.2) is 9.97 Å². The molecule has 0 saturated carbocycles. The van der Waals surface area contributed by atoms with Gasteiger partial charge in [0.1, 0.15) is 0 Å². The number of pyridine rings is 2. The minimum absolute atomic E-state index is 0.411. The van der Waals surface area contributed by atoms with Crippen LogP contribution < -0.4 is 0 Å². The molecule has 0 bridgehead atoms. The van der Waals surface area contributed by atoms with Crippen molar-refractivity contribution in [3.8, 4) is 0 Å². The minimum atomic E-state index is 0.411. The first-order valence-corrected chi connectivity index (χ1v) is 4.20. The van der Waals surface area contributed by atoms with E-state index in [1.54, 1.807) is 12.4 Å². The molecule has 0 radical (unpaired) electrons. The molecule has 2 heterocycles. The molecule has 0 amide bonds. The summed E-state index contributed by atoms with van der Waals surface area (Å²) in [6.45, 7) is 0. The van der Waals surface area contributed by atoms with Gasteiger partial charge in [0.25, 0.3) is 0 Å². The number of halogens is 1. The highest BCUT2D eigenvalue weighted by Crippen LogP contribution is 2.14. The predicted molar refractivity (Wildman–Crippen MR) is 49.1 cm³/mol. The zero-order chi connectivity index (χ0) is 8.39. The molecule has 2 nitrogen and oxygen atoms in total. The summed E-state index contributed by atoms with van der Waals surface area (Å²) in [5.74, 6) is 0.411.